The number of benzene rings is 1. The first kappa shape index (κ1) is 15.6. The van der Waals surface area contributed by atoms with Crippen molar-refractivity contribution in [3.63, 3.8) is 0 Å². The number of nitrogens with one attached hydrogen (secondary N) is 1. The Morgan fingerprint density at radius 1 is 1.29 bits per heavy atom. The summed E-state index contributed by atoms with van der Waals surface area (Å²) in [7, 11) is 0. The third-order valence-electron chi connectivity index (χ3n) is 3.31. The molecule has 5 nitrogen and oxygen atoms in total. The molecule has 0 amide bonds. The normalized spacial score (nSPS) is 18.5. The van der Waals surface area contributed by atoms with Crippen molar-refractivity contribution in [2.45, 2.75) is 12.2 Å². The minimum absolute atomic E-state index is 0.0812. The number of nitro benzene ring substituents is 1. The van der Waals surface area contributed by atoms with E-state index in [2.05, 4.69) is 5.32 Å². The molecule has 0 aliphatic carbocycles. The van der Waals surface area contributed by atoms with Crippen LogP contribution in [0.15, 0.2) is 18.2 Å². The highest BCUT2D eigenvalue weighted by Crippen LogP contribution is 2.41. The van der Waals surface area contributed by atoms with E-state index in [-0.39, 0.29) is 13.1 Å². The summed E-state index contributed by atoms with van der Waals surface area (Å²) in [5, 5.41) is 13.8. The van der Waals surface area contributed by atoms with Crippen LogP contribution in [-0.4, -0.2) is 42.2 Å². The quantitative estimate of drug-likeness (QED) is 0.528. The lowest BCUT2D eigenvalue weighted by molar-refractivity contribution is -0.386. The smallest absolute Gasteiger partial charge is 0.314 e. The Kier molecular flexibility index (Phi) is 4.43. The van der Waals surface area contributed by atoms with Gasteiger partial charge in [0.25, 0.3) is 5.69 Å². The topological polar surface area (TPSA) is 58.4 Å². The summed E-state index contributed by atoms with van der Waals surface area (Å²) < 4.78 is 53.4. The predicted octanol–water partition coefficient (Wildman–Crippen LogP) is 2.24. The maximum absolute atomic E-state index is 13.4. The average Bonchev–Trinajstić information content (AvgIpc) is 2.38. The number of piperazine rings is 1. The van der Waals surface area contributed by atoms with Crippen molar-refractivity contribution < 1.29 is 22.5 Å². The van der Waals surface area contributed by atoms with Crippen LogP contribution in [0.1, 0.15) is 11.6 Å². The van der Waals surface area contributed by atoms with E-state index in [0.29, 0.717) is 19.2 Å². The Balaban J connectivity index is 2.50. The predicted molar refractivity (Wildman–Crippen MR) is 66.3 cm³/mol. The van der Waals surface area contributed by atoms with Crippen LogP contribution in [0.25, 0.3) is 0 Å². The molecule has 1 aliphatic heterocycles. The number of nitrogens with zero attached hydrogens (tertiary/aromatic N) is 2. The van der Waals surface area contributed by atoms with Crippen molar-refractivity contribution in [1.82, 2.24) is 10.2 Å². The van der Waals surface area contributed by atoms with E-state index in [1.807, 2.05) is 0 Å². The Morgan fingerprint density at radius 2 is 1.90 bits per heavy atom. The summed E-state index contributed by atoms with van der Waals surface area (Å²) in [6, 6.07) is -0.0350. The molecule has 0 aromatic heterocycles. The number of nitro groups is 1. The molecular weight excluding hydrogens is 294 g/mol. The van der Waals surface area contributed by atoms with Crippen LogP contribution >= 0.6 is 0 Å². The molecule has 1 N–H and O–H groups in total. The van der Waals surface area contributed by atoms with Crippen molar-refractivity contribution in [1.29, 1.82) is 0 Å². The fourth-order valence-corrected chi connectivity index (χ4v) is 2.43. The highest BCUT2D eigenvalue weighted by molar-refractivity contribution is 5.43. The van der Waals surface area contributed by atoms with Crippen molar-refractivity contribution in [2.24, 2.45) is 0 Å². The van der Waals surface area contributed by atoms with E-state index < -0.39 is 34.2 Å². The number of hydrogen-bond donors (Lipinski definition) is 1. The second-order valence-corrected chi connectivity index (χ2v) is 4.69. The van der Waals surface area contributed by atoms with E-state index in [1.165, 1.54) is 0 Å². The third-order valence-corrected chi connectivity index (χ3v) is 3.31. The van der Waals surface area contributed by atoms with Crippen LogP contribution in [0.3, 0.4) is 0 Å². The third kappa shape index (κ3) is 3.48. The van der Waals surface area contributed by atoms with Gasteiger partial charge in [0.15, 0.2) is 0 Å². The van der Waals surface area contributed by atoms with Crippen molar-refractivity contribution in [2.75, 3.05) is 26.2 Å². The molecular formula is C12H13F4N3O2. The van der Waals surface area contributed by atoms with Gasteiger partial charge < -0.3 is 5.32 Å². The highest BCUT2D eigenvalue weighted by atomic mass is 19.4. The lowest BCUT2D eigenvalue weighted by Gasteiger charge is -2.35. The van der Waals surface area contributed by atoms with Gasteiger partial charge in [-0.1, -0.05) is 0 Å². The number of hydrogen-bond acceptors (Lipinski definition) is 4. The van der Waals surface area contributed by atoms with Gasteiger partial charge in [0.05, 0.1) is 10.5 Å². The molecule has 0 saturated carbocycles. The fourth-order valence-electron chi connectivity index (χ4n) is 2.43. The molecule has 9 heteroatoms. The fraction of sp³-hybridized carbons (Fsp3) is 0.500. The molecule has 1 fully saturated rings. The Morgan fingerprint density at radius 3 is 2.43 bits per heavy atom. The number of rotatable bonds is 3. The molecule has 1 heterocycles. The second-order valence-electron chi connectivity index (χ2n) is 4.69. The van der Waals surface area contributed by atoms with Crippen LogP contribution in [0.4, 0.5) is 23.2 Å². The lowest BCUT2D eigenvalue weighted by atomic mass is 10.0. The Hall–Kier alpha value is -1.74. The summed E-state index contributed by atoms with van der Waals surface area (Å²) in [5.41, 5.74) is -1.38. The van der Waals surface area contributed by atoms with Crippen molar-refractivity contribution in [3.8, 4) is 0 Å². The molecule has 1 aromatic rings. The molecule has 116 valence electrons. The zero-order valence-electron chi connectivity index (χ0n) is 10.9. The van der Waals surface area contributed by atoms with E-state index in [0.717, 1.165) is 17.0 Å². The zero-order valence-corrected chi connectivity index (χ0v) is 10.9. The van der Waals surface area contributed by atoms with Gasteiger partial charge in [0.2, 0.25) is 0 Å². The first-order chi connectivity index (χ1) is 9.80. The summed E-state index contributed by atoms with van der Waals surface area (Å²) in [6.07, 6.45) is -4.73. The maximum atomic E-state index is 13.4. The van der Waals surface area contributed by atoms with Gasteiger partial charge in [0.1, 0.15) is 11.9 Å². The van der Waals surface area contributed by atoms with Gasteiger partial charge in [-0.15, -0.1) is 0 Å². The Bertz CT molecular complexity index is 530. The average molecular weight is 307 g/mol. The molecule has 1 aliphatic rings. The van der Waals surface area contributed by atoms with E-state index >= 15 is 0 Å². The van der Waals surface area contributed by atoms with Gasteiger partial charge in [-0.25, -0.2) is 4.39 Å². The van der Waals surface area contributed by atoms with Crippen molar-refractivity contribution >= 4 is 5.69 Å². The van der Waals surface area contributed by atoms with Crippen molar-refractivity contribution in [3.05, 3.63) is 39.7 Å². The van der Waals surface area contributed by atoms with Gasteiger partial charge in [-0.05, 0) is 12.1 Å². The van der Waals surface area contributed by atoms with Gasteiger partial charge >= 0.3 is 6.18 Å². The second kappa shape index (κ2) is 5.94. The molecule has 1 aromatic carbocycles. The first-order valence-corrected chi connectivity index (χ1v) is 6.26. The van der Waals surface area contributed by atoms with Crippen LogP contribution < -0.4 is 5.32 Å². The molecule has 21 heavy (non-hydrogen) atoms. The SMILES string of the molecule is O=[N+]([O-])c1ccc(F)cc1[C@@H](N1CCNCC1)C(F)(F)F. The number of halogens is 4. The summed E-state index contributed by atoms with van der Waals surface area (Å²) >= 11 is 0. The summed E-state index contributed by atoms with van der Waals surface area (Å²) in [6.45, 7) is 0.848. The van der Waals surface area contributed by atoms with Crippen LogP contribution in [-0.2, 0) is 0 Å². The Labute approximate surface area is 117 Å². The first-order valence-electron chi connectivity index (χ1n) is 6.26. The monoisotopic (exact) mass is 307 g/mol. The molecule has 1 saturated heterocycles. The van der Waals surface area contributed by atoms with E-state index in [4.69, 9.17) is 0 Å². The maximum Gasteiger partial charge on any atom is 0.408 e. The molecule has 1 atom stereocenters. The molecule has 2 rings (SSSR count). The molecule has 0 radical (unpaired) electrons. The molecule has 0 spiro atoms. The standard InChI is InChI=1S/C12H13F4N3O2/c13-8-1-2-10(19(20)21)9(7-8)11(12(14,15)16)18-5-3-17-4-6-18/h1-2,7,11,17H,3-6H2/t11-/m1/s1. The van der Waals surface area contributed by atoms with E-state index in [1.54, 1.807) is 0 Å². The summed E-state index contributed by atoms with van der Waals surface area (Å²) in [4.78, 5) is 11.1. The van der Waals surface area contributed by atoms with Crippen LogP contribution in [0, 0.1) is 15.9 Å². The highest BCUT2D eigenvalue weighted by Gasteiger charge is 2.47. The van der Waals surface area contributed by atoms with Gasteiger partial charge in [-0.3, -0.25) is 15.0 Å². The number of alkyl halides is 3. The molecule has 0 bridgehead atoms. The van der Waals surface area contributed by atoms with Gasteiger partial charge in [0, 0.05) is 32.2 Å². The minimum atomic E-state index is -4.73. The van der Waals surface area contributed by atoms with Gasteiger partial charge in [-0.2, -0.15) is 13.2 Å². The largest absolute Gasteiger partial charge is 0.408 e. The van der Waals surface area contributed by atoms with E-state index in [9.17, 15) is 27.7 Å². The lowest BCUT2D eigenvalue weighted by Crippen LogP contribution is -2.49. The zero-order chi connectivity index (χ0) is 15.6. The van der Waals surface area contributed by atoms with Crippen LogP contribution in [0.2, 0.25) is 0 Å². The summed E-state index contributed by atoms with van der Waals surface area (Å²) in [5.74, 6) is -0.931. The minimum Gasteiger partial charge on any atom is -0.314 e. The van der Waals surface area contributed by atoms with Crippen LogP contribution in [0.5, 0.6) is 0 Å². The molecule has 0 unspecified atom stereocenters.